The van der Waals surface area contributed by atoms with Crippen LogP contribution in [-0.4, -0.2) is 12.3 Å². The van der Waals surface area contributed by atoms with E-state index in [2.05, 4.69) is 5.32 Å². The molecule has 0 fully saturated rings. The average molecular weight is 285 g/mol. The molecule has 5 heteroatoms. The van der Waals surface area contributed by atoms with Crippen LogP contribution in [0.2, 0.25) is 0 Å². The Labute approximate surface area is 118 Å². The van der Waals surface area contributed by atoms with Crippen LogP contribution in [-0.2, 0) is 9.59 Å². The van der Waals surface area contributed by atoms with Crippen molar-refractivity contribution in [3.63, 3.8) is 0 Å². The zero-order valence-electron chi connectivity index (χ0n) is 12.1. The van der Waals surface area contributed by atoms with Gasteiger partial charge in [-0.05, 0) is 24.5 Å². The second kappa shape index (κ2) is 10.1. The smallest absolute Gasteiger partial charge is 0.226 e. The zero-order chi connectivity index (χ0) is 15.5. The van der Waals surface area contributed by atoms with Gasteiger partial charge in [-0.15, -0.1) is 0 Å². The third kappa shape index (κ3) is 6.97. The van der Waals surface area contributed by atoms with E-state index < -0.39 is 11.6 Å². The van der Waals surface area contributed by atoms with E-state index in [9.17, 15) is 18.4 Å². The predicted molar refractivity (Wildman–Crippen MR) is 74.2 cm³/mol. The summed E-state index contributed by atoms with van der Waals surface area (Å²) in [6, 6.07) is 3.92. The lowest BCUT2D eigenvalue weighted by molar-refractivity contribution is -0.125. The van der Waals surface area contributed by atoms with E-state index in [0.717, 1.165) is 12.8 Å². The summed E-state index contributed by atoms with van der Waals surface area (Å²) in [5.74, 6) is -1.21. The molecule has 20 heavy (non-hydrogen) atoms. The molecule has 0 saturated carbocycles. The van der Waals surface area contributed by atoms with Crippen LogP contribution in [0.4, 0.5) is 8.78 Å². The number of unbranched alkanes of at least 4 members (excludes halogenated alkanes) is 1. The van der Waals surface area contributed by atoms with Crippen molar-refractivity contribution in [2.24, 2.45) is 0 Å². The first kappa shape index (κ1) is 18.2. The molecule has 1 aromatic rings. The van der Waals surface area contributed by atoms with Crippen molar-refractivity contribution in [3.05, 3.63) is 35.4 Å². The third-order valence-corrected chi connectivity index (χ3v) is 2.55. The molecular formula is C15H21F2NO2. The van der Waals surface area contributed by atoms with Gasteiger partial charge in [-0.2, -0.15) is 0 Å². The van der Waals surface area contributed by atoms with Crippen LogP contribution in [0.5, 0.6) is 0 Å². The molecule has 112 valence electrons. The third-order valence-electron chi connectivity index (χ3n) is 2.55. The van der Waals surface area contributed by atoms with Gasteiger partial charge in [0.25, 0.3) is 0 Å². The van der Waals surface area contributed by atoms with Gasteiger partial charge < -0.3 is 0 Å². The van der Waals surface area contributed by atoms with Gasteiger partial charge in [0, 0.05) is 12.0 Å². The van der Waals surface area contributed by atoms with E-state index in [-0.39, 0.29) is 17.4 Å². The Bertz CT molecular complexity index is 414. The molecule has 2 amide bonds. The molecule has 3 nitrogen and oxygen atoms in total. The number of rotatable bonds is 5. The molecule has 0 aliphatic heterocycles. The molecule has 0 atom stereocenters. The molecule has 0 aromatic heterocycles. The first-order valence-electron chi connectivity index (χ1n) is 6.60. The lowest BCUT2D eigenvalue weighted by Gasteiger charge is -2.06. The van der Waals surface area contributed by atoms with E-state index >= 15 is 0 Å². The van der Waals surface area contributed by atoms with Gasteiger partial charge in [0.1, 0.15) is 11.6 Å². The molecule has 0 aliphatic rings. The molecule has 0 saturated heterocycles. The number of carbonyl (C=O) groups excluding carboxylic acids is 2. The number of imide groups is 1. The highest BCUT2D eigenvalue weighted by molar-refractivity contribution is 5.85. The van der Waals surface area contributed by atoms with E-state index in [1.165, 1.54) is 18.2 Å². The van der Waals surface area contributed by atoms with Gasteiger partial charge in [0.15, 0.2) is 0 Å². The summed E-state index contributed by atoms with van der Waals surface area (Å²) in [6.07, 6.45) is 2.69. The van der Waals surface area contributed by atoms with Gasteiger partial charge >= 0.3 is 0 Å². The van der Waals surface area contributed by atoms with Crippen LogP contribution < -0.4 is 5.32 Å². The summed E-state index contributed by atoms with van der Waals surface area (Å²) >= 11 is 0. The Balaban J connectivity index is 0.000000370. The fourth-order valence-electron chi connectivity index (χ4n) is 1.54. The number of carbonyl (C=O) groups is 2. The maximum atomic E-state index is 12.9. The summed E-state index contributed by atoms with van der Waals surface area (Å²) in [5, 5.41) is 2.06. The largest absolute Gasteiger partial charge is 0.299 e. The minimum absolute atomic E-state index is 0.101. The SMILES string of the molecule is CC(C)c1c(F)cccc1F.CCCCC(=O)NC=O. The first-order chi connectivity index (χ1) is 9.43. The fourth-order valence-corrected chi connectivity index (χ4v) is 1.54. The van der Waals surface area contributed by atoms with Crippen molar-refractivity contribution in [1.82, 2.24) is 5.32 Å². The van der Waals surface area contributed by atoms with Crippen LogP contribution >= 0.6 is 0 Å². The van der Waals surface area contributed by atoms with E-state index in [4.69, 9.17) is 0 Å². The molecule has 0 heterocycles. The summed E-state index contributed by atoms with van der Waals surface area (Å²) < 4.78 is 25.7. The number of hydrogen-bond acceptors (Lipinski definition) is 2. The second-order valence-corrected chi connectivity index (χ2v) is 4.58. The molecule has 1 aromatic carbocycles. The van der Waals surface area contributed by atoms with Crippen LogP contribution in [0.15, 0.2) is 18.2 Å². The summed E-state index contributed by atoms with van der Waals surface area (Å²) in [7, 11) is 0. The van der Waals surface area contributed by atoms with Crippen LogP contribution in [0.1, 0.15) is 51.5 Å². The fraction of sp³-hybridized carbons (Fsp3) is 0.467. The quantitative estimate of drug-likeness (QED) is 0.841. The standard InChI is InChI=1S/C9H10F2.C6H11NO2/c1-6(2)9-7(10)4-3-5-8(9)11;1-2-3-4-6(9)7-5-8/h3-6H,1-2H3;5H,2-4H2,1H3,(H,7,8,9). The maximum absolute atomic E-state index is 12.9. The van der Waals surface area contributed by atoms with Gasteiger partial charge in [-0.25, -0.2) is 8.78 Å². The van der Waals surface area contributed by atoms with E-state index in [1.54, 1.807) is 13.8 Å². The Morgan fingerprint density at radius 2 is 1.85 bits per heavy atom. The number of amides is 2. The van der Waals surface area contributed by atoms with Crippen molar-refractivity contribution in [2.75, 3.05) is 0 Å². The molecule has 0 spiro atoms. The van der Waals surface area contributed by atoms with Crippen LogP contribution in [0.3, 0.4) is 0 Å². The predicted octanol–water partition coefficient (Wildman–Crippen LogP) is 3.54. The minimum atomic E-state index is -0.458. The Kier molecular flexibility index (Phi) is 9.17. The maximum Gasteiger partial charge on any atom is 0.226 e. The highest BCUT2D eigenvalue weighted by atomic mass is 19.1. The van der Waals surface area contributed by atoms with E-state index in [1.807, 2.05) is 6.92 Å². The lowest BCUT2D eigenvalue weighted by atomic mass is 10.0. The molecular weight excluding hydrogens is 264 g/mol. The molecule has 1 N–H and O–H groups in total. The van der Waals surface area contributed by atoms with Crippen LogP contribution in [0, 0.1) is 11.6 Å². The van der Waals surface area contributed by atoms with Crippen LogP contribution in [0.25, 0.3) is 0 Å². The summed E-state index contributed by atoms with van der Waals surface area (Å²) in [6.45, 7) is 5.52. The monoisotopic (exact) mass is 285 g/mol. The van der Waals surface area contributed by atoms with Gasteiger partial charge in [-0.3, -0.25) is 14.9 Å². The first-order valence-corrected chi connectivity index (χ1v) is 6.60. The highest BCUT2D eigenvalue weighted by Crippen LogP contribution is 2.20. The molecule has 0 bridgehead atoms. The molecule has 0 radical (unpaired) electrons. The van der Waals surface area contributed by atoms with Gasteiger partial charge in [0.2, 0.25) is 12.3 Å². The number of halogens is 2. The number of nitrogens with one attached hydrogen (secondary N) is 1. The van der Waals surface area contributed by atoms with Gasteiger partial charge in [-0.1, -0.05) is 33.3 Å². The average Bonchev–Trinajstić information content (AvgIpc) is 2.37. The highest BCUT2D eigenvalue weighted by Gasteiger charge is 2.10. The summed E-state index contributed by atoms with van der Waals surface area (Å²) in [4.78, 5) is 20.1. The Morgan fingerprint density at radius 3 is 2.20 bits per heavy atom. The molecule has 0 aliphatic carbocycles. The Hall–Kier alpha value is -1.78. The zero-order valence-corrected chi connectivity index (χ0v) is 12.1. The molecule has 1 rings (SSSR count). The van der Waals surface area contributed by atoms with Crippen molar-refractivity contribution in [1.29, 1.82) is 0 Å². The minimum Gasteiger partial charge on any atom is -0.299 e. The van der Waals surface area contributed by atoms with Gasteiger partial charge in [0.05, 0.1) is 0 Å². The number of hydrogen-bond donors (Lipinski definition) is 1. The lowest BCUT2D eigenvalue weighted by Crippen LogP contribution is -2.20. The Morgan fingerprint density at radius 1 is 1.30 bits per heavy atom. The van der Waals surface area contributed by atoms with Crippen molar-refractivity contribution in [3.8, 4) is 0 Å². The summed E-state index contributed by atoms with van der Waals surface area (Å²) in [5.41, 5.74) is 0.174. The van der Waals surface area contributed by atoms with Crippen molar-refractivity contribution < 1.29 is 18.4 Å². The second-order valence-electron chi connectivity index (χ2n) is 4.58. The topological polar surface area (TPSA) is 46.2 Å². The normalized spacial score (nSPS) is 9.70. The van der Waals surface area contributed by atoms with Crippen molar-refractivity contribution >= 4 is 12.3 Å². The van der Waals surface area contributed by atoms with E-state index in [0.29, 0.717) is 12.8 Å². The number of benzene rings is 1. The van der Waals surface area contributed by atoms with Crippen molar-refractivity contribution in [2.45, 2.75) is 46.0 Å². The molecule has 0 unspecified atom stereocenters.